The van der Waals surface area contributed by atoms with Crippen molar-refractivity contribution in [3.8, 4) is 33.4 Å². The largest absolute Gasteiger partial charge is 0.416 e. The molecule has 0 N–H and O–H groups in total. The highest BCUT2D eigenvalue weighted by Crippen LogP contribution is 2.44. The van der Waals surface area contributed by atoms with Gasteiger partial charge < -0.3 is 0 Å². The summed E-state index contributed by atoms with van der Waals surface area (Å²) in [6.45, 7) is 0. The van der Waals surface area contributed by atoms with Gasteiger partial charge in [-0.3, -0.25) is 0 Å². The third-order valence-corrected chi connectivity index (χ3v) is 6.70. The monoisotopic (exact) mass is 714 g/mol. The van der Waals surface area contributed by atoms with Gasteiger partial charge in [-0.2, -0.15) is 79.0 Å². The third-order valence-electron chi connectivity index (χ3n) is 6.70. The van der Waals surface area contributed by atoms with E-state index in [4.69, 9.17) is 0 Å². The van der Waals surface area contributed by atoms with E-state index in [1.165, 1.54) is 0 Å². The van der Waals surface area contributed by atoms with Gasteiger partial charge in [0.25, 0.3) is 0 Å². The molecule has 258 valence electrons. The van der Waals surface area contributed by atoms with Crippen LogP contribution in [0.1, 0.15) is 33.4 Å². The van der Waals surface area contributed by atoms with Crippen LogP contribution in [0, 0.1) is 0 Å². The van der Waals surface area contributed by atoms with Crippen LogP contribution >= 0.6 is 0 Å². The van der Waals surface area contributed by atoms with Crippen molar-refractivity contribution in [2.24, 2.45) is 0 Å². The molecule has 4 aromatic rings. The lowest BCUT2D eigenvalue weighted by Crippen LogP contribution is -2.11. The van der Waals surface area contributed by atoms with Crippen molar-refractivity contribution < 1.29 is 79.0 Å². The average Bonchev–Trinajstić information content (AvgIpc) is 2.93. The Hall–Kier alpha value is -4.38. The SMILES string of the molecule is FC(F)(F)c1cc(-c2cc(-c3cc(C(F)(F)F)cc(C(F)(F)F)c3)cc(-c3cc(C(F)(F)F)cc(C(F)(F)F)c3)c2)cc(C(F)(F)F)c1. The summed E-state index contributed by atoms with van der Waals surface area (Å²) in [5.41, 5.74) is -17.3. The molecule has 0 aliphatic carbocycles. The van der Waals surface area contributed by atoms with Crippen molar-refractivity contribution in [2.75, 3.05) is 0 Å². The summed E-state index contributed by atoms with van der Waals surface area (Å²) >= 11 is 0. The first-order chi connectivity index (χ1) is 21.5. The maximum absolute atomic E-state index is 13.6. The highest BCUT2D eigenvalue weighted by molar-refractivity contribution is 5.82. The molecular formula is C30H12F18. The van der Waals surface area contributed by atoms with Crippen molar-refractivity contribution in [3.63, 3.8) is 0 Å². The van der Waals surface area contributed by atoms with Crippen LogP contribution in [0.3, 0.4) is 0 Å². The lowest BCUT2D eigenvalue weighted by atomic mass is 9.89. The Kier molecular flexibility index (Phi) is 8.85. The fourth-order valence-electron chi connectivity index (χ4n) is 4.49. The molecule has 0 radical (unpaired) electrons. The van der Waals surface area contributed by atoms with Crippen LogP contribution in [0.2, 0.25) is 0 Å². The molecule has 0 saturated heterocycles. The highest BCUT2D eigenvalue weighted by atomic mass is 19.4. The Labute approximate surface area is 256 Å². The molecule has 48 heavy (non-hydrogen) atoms. The molecule has 4 rings (SSSR count). The van der Waals surface area contributed by atoms with Gasteiger partial charge in [0.1, 0.15) is 0 Å². The molecule has 0 heterocycles. The molecule has 0 bridgehead atoms. The van der Waals surface area contributed by atoms with Crippen LogP contribution in [0.25, 0.3) is 33.4 Å². The number of rotatable bonds is 3. The molecule has 18 heteroatoms. The summed E-state index contributed by atoms with van der Waals surface area (Å²) in [6, 6.07) is 1.22. The standard InChI is InChI=1S/C30H12F18/c31-25(32,33)19-4-16(5-20(10-19)26(34,35)36)13-1-14(17-6-21(27(37,38)39)11-22(7-17)28(40,41)42)3-15(2-13)18-8-23(29(43,44)45)12-24(9-18)30(46,47)48/h1-12H. The zero-order chi connectivity index (χ0) is 36.4. The third kappa shape index (κ3) is 8.18. The van der Waals surface area contributed by atoms with Crippen LogP contribution in [-0.2, 0) is 37.1 Å². The molecule has 0 atom stereocenters. The van der Waals surface area contributed by atoms with Crippen LogP contribution in [-0.4, -0.2) is 0 Å². The molecule has 0 spiro atoms. The Morgan fingerprint density at radius 3 is 0.438 bits per heavy atom. The Morgan fingerprint density at radius 2 is 0.312 bits per heavy atom. The van der Waals surface area contributed by atoms with Gasteiger partial charge in [-0.25, -0.2) is 0 Å². The Bertz CT molecular complexity index is 1510. The second kappa shape index (κ2) is 11.6. The van der Waals surface area contributed by atoms with Gasteiger partial charge in [0.15, 0.2) is 0 Å². The van der Waals surface area contributed by atoms with Crippen molar-refractivity contribution in [3.05, 3.63) is 106 Å². The van der Waals surface area contributed by atoms with E-state index in [2.05, 4.69) is 0 Å². The maximum Gasteiger partial charge on any atom is 0.416 e. The first-order valence-corrected chi connectivity index (χ1v) is 12.6. The van der Waals surface area contributed by atoms with Gasteiger partial charge in [0, 0.05) is 0 Å². The van der Waals surface area contributed by atoms with E-state index < -0.39 is 104 Å². The summed E-state index contributed by atoms with van der Waals surface area (Å²) < 4.78 is 244. The van der Waals surface area contributed by atoms with Crippen LogP contribution in [0.5, 0.6) is 0 Å². The van der Waals surface area contributed by atoms with Gasteiger partial charge in [0.05, 0.1) is 33.4 Å². The number of benzene rings is 4. The summed E-state index contributed by atoms with van der Waals surface area (Å²) in [6.07, 6.45) is -32.7. The van der Waals surface area contributed by atoms with E-state index in [-0.39, 0.29) is 54.6 Å². The molecule has 0 amide bonds. The summed E-state index contributed by atoms with van der Waals surface area (Å²) in [7, 11) is 0. The summed E-state index contributed by atoms with van der Waals surface area (Å²) in [4.78, 5) is 0. The Morgan fingerprint density at radius 1 is 0.188 bits per heavy atom. The minimum atomic E-state index is -5.46. The van der Waals surface area contributed by atoms with Gasteiger partial charge in [-0.05, 0) is 106 Å². The molecule has 0 unspecified atom stereocenters. The van der Waals surface area contributed by atoms with Crippen molar-refractivity contribution in [2.45, 2.75) is 37.1 Å². The zero-order valence-corrected chi connectivity index (χ0v) is 22.7. The van der Waals surface area contributed by atoms with Crippen LogP contribution < -0.4 is 0 Å². The van der Waals surface area contributed by atoms with Crippen molar-refractivity contribution in [1.82, 2.24) is 0 Å². The molecule has 0 fully saturated rings. The molecule has 4 aromatic carbocycles. The normalized spacial score (nSPS) is 13.6. The van der Waals surface area contributed by atoms with Crippen LogP contribution in [0.15, 0.2) is 72.8 Å². The van der Waals surface area contributed by atoms with E-state index >= 15 is 0 Å². The quantitative estimate of drug-likeness (QED) is 0.185. The first-order valence-electron chi connectivity index (χ1n) is 12.6. The summed E-state index contributed by atoms with van der Waals surface area (Å²) in [5, 5.41) is 0. The maximum atomic E-state index is 13.6. The van der Waals surface area contributed by atoms with Gasteiger partial charge in [-0.15, -0.1) is 0 Å². The number of hydrogen-bond donors (Lipinski definition) is 0. The molecule has 0 saturated carbocycles. The zero-order valence-electron chi connectivity index (χ0n) is 22.7. The number of alkyl halides is 18. The second-order valence-corrected chi connectivity index (χ2v) is 10.2. The van der Waals surface area contributed by atoms with E-state index in [9.17, 15) is 79.0 Å². The number of hydrogen-bond acceptors (Lipinski definition) is 0. The van der Waals surface area contributed by atoms with E-state index in [0.29, 0.717) is 18.2 Å². The van der Waals surface area contributed by atoms with Crippen molar-refractivity contribution >= 4 is 0 Å². The van der Waals surface area contributed by atoms with Crippen molar-refractivity contribution in [1.29, 1.82) is 0 Å². The Balaban J connectivity index is 2.16. The predicted molar refractivity (Wildman–Crippen MR) is 133 cm³/mol. The molecule has 0 aromatic heterocycles. The van der Waals surface area contributed by atoms with Crippen LogP contribution in [0.4, 0.5) is 79.0 Å². The topological polar surface area (TPSA) is 0 Å². The summed E-state index contributed by atoms with van der Waals surface area (Å²) in [5.74, 6) is 0. The van der Waals surface area contributed by atoms with Gasteiger partial charge >= 0.3 is 37.1 Å². The number of halogens is 18. The lowest BCUT2D eigenvalue weighted by Gasteiger charge is -2.18. The smallest absolute Gasteiger partial charge is 0.166 e. The lowest BCUT2D eigenvalue weighted by molar-refractivity contribution is -0.144. The van der Waals surface area contributed by atoms with E-state index in [1.54, 1.807) is 0 Å². The molecule has 0 nitrogen and oxygen atoms in total. The average molecular weight is 714 g/mol. The minimum Gasteiger partial charge on any atom is -0.166 e. The van der Waals surface area contributed by atoms with E-state index in [1.807, 2.05) is 0 Å². The second-order valence-electron chi connectivity index (χ2n) is 10.2. The molecule has 0 aliphatic heterocycles. The molecule has 0 aliphatic rings. The first kappa shape index (κ1) is 36.5. The predicted octanol–water partition coefficient (Wildman–Crippen LogP) is 12.8. The fraction of sp³-hybridized carbons (Fsp3) is 0.200. The van der Waals surface area contributed by atoms with Gasteiger partial charge in [-0.1, -0.05) is 0 Å². The van der Waals surface area contributed by atoms with E-state index in [0.717, 1.165) is 0 Å². The fourth-order valence-corrected chi connectivity index (χ4v) is 4.49. The minimum absolute atomic E-state index is 0.0959. The molecular weight excluding hydrogens is 702 g/mol. The van der Waals surface area contributed by atoms with Gasteiger partial charge in [0.2, 0.25) is 0 Å². The highest BCUT2D eigenvalue weighted by Gasteiger charge is 2.40.